The number of hydrogen-bond acceptors (Lipinski definition) is 2. The molecule has 0 amide bonds. The average molecular weight is 212 g/mol. The lowest BCUT2D eigenvalue weighted by Crippen LogP contribution is -2.33. The van der Waals surface area contributed by atoms with E-state index in [1.165, 1.54) is 32.1 Å². The monoisotopic (exact) mass is 212 g/mol. The zero-order chi connectivity index (χ0) is 10.7. The summed E-state index contributed by atoms with van der Waals surface area (Å²) in [5, 5.41) is 0. The lowest BCUT2D eigenvalue weighted by Gasteiger charge is -2.31. The average Bonchev–Trinajstić information content (AvgIpc) is 2.60. The highest BCUT2D eigenvalue weighted by molar-refractivity contribution is 4.82. The summed E-state index contributed by atoms with van der Waals surface area (Å²) in [6.45, 7) is 5.37. The van der Waals surface area contributed by atoms with Gasteiger partial charge < -0.3 is 9.47 Å². The molecule has 1 aliphatic heterocycles. The first-order valence-corrected chi connectivity index (χ1v) is 6.52. The molecule has 1 atom stereocenters. The van der Waals surface area contributed by atoms with Crippen molar-refractivity contribution >= 4 is 0 Å². The minimum absolute atomic E-state index is 0.167. The molecule has 0 bridgehead atoms. The van der Waals surface area contributed by atoms with E-state index in [0.29, 0.717) is 6.10 Å². The Morgan fingerprint density at radius 2 is 1.93 bits per heavy atom. The molecule has 1 aliphatic carbocycles. The Labute approximate surface area is 93.3 Å². The van der Waals surface area contributed by atoms with Gasteiger partial charge in [-0.05, 0) is 31.6 Å². The molecule has 88 valence electrons. The fraction of sp³-hybridized carbons (Fsp3) is 1.00. The molecule has 0 N–H and O–H groups in total. The highest BCUT2D eigenvalue weighted by Gasteiger charge is 2.41. The third-order valence-corrected chi connectivity index (χ3v) is 3.60. The second kappa shape index (κ2) is 4.84. The predicted molar refractivity (Wildman–Crippen MR) is 60.7 cm³/mol. The molecule has 1 saturated carbocycles. The van der Waals surface area contributed by atoms with Crippen molar-refractivity contribution in [1.29, 1.82) is 0 Å². The van der Waals surface area contributed by atoms with Gasteiger partial charge in [-0.25, -0.2) is 0 Å². The normalized spacial score (nSPS) is 30.2. The Morgan fingerprint density at radius 3 is 2.60 bits per heavy atom. The van der Waals surface area contributed by atoms with E-state index in [4.69, 9.17) is 9.47 Å². The van der Waals surface area contributed by atoms with E-state index in [-0.39, 0.29) is 5.79 Å². The summed E-state index contributed by atoms with van der Waals surface area (Å²) < 4.78 is 12.0. The Kier molecular flexibility index (Phi) is 3.68. The molecule has 1 saturated heterocycles. The summed E-state index contributed by atoms with van der Waals surface area (Å²) >= 11 is 0. The predicted octanol–water partition coefficient (Wildman–Crippen LogP) is 3.50. The molecule has 1 unspecified atom stereocenters. The summed E-state index contributed by atoms with van der Waals surface area (Å²) in [6.07, 6.45) is 8.92. The maximum atomic E-state index is 6.12. The molecule has 1 spiro atoms. The van der Waals surface area contributed by atoms with E-state index < -0.39 is 0 Å². The third kappa shape index (κ3) is 2.94. The van der Waals surface area contributed by atoms with Crippen molar-refractivity contribution in [3.63, 3.8) is 0 Å². The minimum atomic E-state index is -0.167. The summed E-state index contributed by atoms with van der Waals surface area (Å²) in [6, 6.07) is 0. The van der Waals surface area contributed by atoms with Crippen LogP contribution in [0.15, 0.2) is 0 Å². The largest absolute Gasteiger partial charge is 0.347 e. The van der Waals surface area contributed by atoms with Crippen molar-refractivity contribution in [2.45, 2.75) is 70.7 Å². The first-order valence-electron chi connectivity index (χ1n) is 6.52. The number of ether oxygens (including phenoxy) is 2. The van der Waals surface area contributed by atoms with Gasteiger partial charge in [0.2, 0.25) is 0 Å². The summed E-state index contributed by atoms with van der Waals surface area (Å²) in [7, 11) is 0. The van der Waals surface area contributed by atoms with Gasteiger partial charge >= 0.3 is 0 Å². The minimum Gasteiger partial charge on any atom is -0.347 e. The van der Waals surface area contributed by atoms with E-state index in [0.717, 1.165) is 25.4 Å². The lowest BCUT2D eigenvalue weighted by atomic mass is 9.94. The van der Waals surface area contributed by atoms with Crippen LogP contribution in [-0.2, 0) is 9.47 Å². The van der Waals surface area contributed by atoms with Crippen LogP contribution in [0.25, 0.3) is 0 Å². The molecule has 2 fully saturated rings. The zero-order valence-electron chi connectivity index (χ0n) is 10.1. The van der Waals surface area contributed by atoms with Gasteiger partial charge in [0.25, 0.3) is 0 Å². The van der Waals surface area contributed by atoms with Crippen molar-refractivity contribution in [2.24, 2.45) is 5.92 Å². The second-order valence-corrected chi connectivity index (χ2v) is 5.49. The van der Waals surface area contributed by atoms with Gasteiger partial charge in [0, 0.05) is 12.8 Å². The molecule has 2 heteroatoms. The van der Waals surface area contributed by atoms with Crippen molar-refractivity contribution in [3.05, 3.63) is 0 Å². The van der Waals surface area contributed by atoms with Crippen molar-refractivity contribution in [1.82, 2.24) is 0 Å². The Hall–Kier alpha value is -0.0800. The van der Waals surface area contributed by atoms with Gasteiger partial charge in [-0.1, -0.05) is 20.3 Å². The molecule has 0 radical (unpaired) electrons. The van der Waals surface area contributed by atoms with E-state index in [2.05, 4.69) is 13.8 Å². The van der Waals surface area contributed by atoms with Crippen molar-refractivity contribution < 1.29 is 9.47 Å². The maximum Gasteiger partial charge on any atom is 0.168 e. The maximum absolute atomic E-state index is 6.12. The van der Waals surface area contributed by atoms with Crippen LogP contribution in [0.5, 0.6) is 0 Å². The summed E-state index contributed by atoms with van der Waals surface area (Å²) in [5.74, 6) is 0.608. The Balaban J connectivity index is 1.78. The summed E-state index contributed by atoms with van der Waals surface area (Å²) in [4.78, 5) is 0. The third-order valence-electron chi connectivity index (χ3n) is 3.60. The van der Waals surface area contributed by atoms with E-state index in [9.17, 15) is 0 Å². The molecule has 0 aromatic rings. The second-order valence-electron chi connectivity index (χ2n) is 5.49. The van der Waals surface area contributed by atoms with Crippen LogP contribution in [0.1, 0.15) is 58.8 Å². The fourth-order valence-corrected chi connectivity index (χ4v) is 2.63. The van der Waals surface area contributed by atoms with Gasteiger partial charge in [0.05, 0.1) is 12.7 Å². The molecule has 2 aliphatic rings. The van der Waals surface area contributed by atoms with Gasteiger partial charge in [-0.2, -0.15) is 0 Å². The van der Waals surface area contributed by atoms with Crippen LogP contribution in [0.3, 0.4) is 0 Å². The van der Waals surface area contributed by atoms with Crippen molar-refractivity contribution in [2.75, 3.05) is 6.61 Å². The first kappa shape index (κ1) is 11.4. The quantitative estimate of drug-likeness (QED) is 0.713. The molecular formula is C13H24O2. The van der Waals surface area contributed by atoms with Crippen LogP contribution in [-0.4, -0.2) is 18.5 Å². The van der Waals surface area contributed by atoms with Gasteiger partial charge in [0.15, 0.2) is 5.79 Å². The van der Waals surface area contributed by atoms with E-state index in [1.807, 2.05) is 0 Å². The standard InChI is InChI=1S/C13H24O2/c1-11(2)6-7-12-10-14-13(15-12)8-4-3-5-9-13/h11-12H,3-10H2,1-2H3. The zero-order valence-corrected chi connectivity index (χ0v) is 10.1. The number of rotatable bonds is 3. The Morgan fingerprint density at radius 1 is 1.20 bits per heavy atom. The molecule has 0 aromatic heterocycles. The fourth-order valence-electron chi connectivity index (χ4n) is 2.63. The first-order chi connectivity index (χ1) is 7.20. The van der Waals surface area contributed by atoms with Gasteiger partial charge in [0.1, 0.15) is 0 Å². The molecule has 2 nitrogen and oxygen atoms in total. The highest BCUT2D eigenvalue weighted by atomic mass is 16.7. The molecule has 1 heterocycles. The van der Waals surface area contributed by atoms with Gasteiger partial charge in [-0.15, -0.1) is 0 Å². The number of hydrogen-bond donors (Lipinski definition) is 0. The topological polar surface area (TPSA) is 18.5 Å². The van der Waals surface area contributed by atoms with Crippen LogP contribution in [0, 0.1) is 5.92 Å². The molecule has 15 heavy (non-hydrogen) atoms. The van der Waals surface area contributed by atoms with Crippen molar-refractivity contribution in [3.8, 4) is 0 Å². The lowest BCUT2D eigenvalue weighted by molar-refractivity contribution is -0.187. The van der Waals surface area contributed by atoms with E-state index >= 15 is 0 Å². The summed E-state index contributed by atoms with van der Waals surface area (Å²) in [5.41, 5.74) is 0. The molecular weight excluding hydrogens is 188 g/mol. The molecule has 2 rings (SSSR count). The van der Waals surface area contributed by atoms with E-state index in [1.54, 1.807) is 0 Å². The molecule has 0 aromatic carbocycles. The van der Waals surface area contributed by atoms with Gasteiger partial charge in [-0.3, -0.25) is 0 Å². The highest BCUT2D eigenvalue weighted by Crippen LogP contribution is 2.38. The van der Waals surface area contributed by atoms with Crippen LogP contribution < -0.4 is 0 Å². The van der Waals surface area contributed by atoms with Crippen LogP contribution in [0.4, 0.5) is 0 Å². The van der Waals surface area contributed by atoms with Crippen LogP contribution in [0.2, 0.25) is 0 Å². The van der Waals surface area contributed by atoms with Crippen LogP contribution >= 0.6 is 0 Å². The smallest absolute Gasteiger partial charge is 0.168 e. The Bertz CT molecular complexity index is 195. The SMILES string of the molecule is CC(C)CCC1COC2(CCCCC2)O1.